The van der Waals surface area contributed by atoms with E-state index >= 15 is 0 Å². The fourth-order valence-corrected chi connectivity index (χ4v) is 1.16. The lowest BCUT2D eigenvalue weighted by Crippen LogP contribution is -2.45. The van der Waals surface area contributed by atoms with E-state index in [2.05, 4.69) is 5.43 Å². The summed E-state index contributed by atoms with van der Waals surface area (Å²) >= 11 is 0. The number of hydrogen-bond acceptors (Lipinski definition) is 4. The van der Waals surface area contributed by atoms with Gasteiger partial charge in [-0.15, -0.1) is 0 Å². The molecule has 1 saturated carbocycles. The van der Waals surface area contributed by atoms with Crippen molar-refractivity contribution in [2.75, 3.05) is 13.7 Å². The van der Waals surface area contributed by atoms with Crippen molar-refractivity contribution >= 4 is 5.91 Å². The van der Waals surface area contributed by atoms with Gasteiger partial charge in [-0.05, 0) is 19.3 Å². The van der Waals surface area contributed by atoms with Gasteiger partial charge >= 0.3 is 0 Å². The molecule has 0 aliphatic heterocycles. The van der Waals surface area contributed by atoms with Crippen LogP contribution in [0.2, 0.25) is 0 Å². The van der Waals surface area contributed by atoms with Crippen molar-refractivity contribution in [1.82, 2.24) is 5.43 Å². The van der Waals surface area contributed by atoms with E-state index in [4.69, 9.17) is 15.3 Å². The van der Waals surface area contributed by atoms with Crippen LogP contribution in [0.25, 0.3) is 0 Å². The molecule has 0 spiro atoms. The van der Waals surface area contributed by atoms with E-state index in [1.54, 1.807) is 0 Å². The summed E-state index contributed by atoms with van der Waals surface area (Å²) < 4.78 is 10.3. The average Bonchev–Trinajstić information content (AvgIpc) is 2.07. The highest BCUT2D eigenvalue weighted by Crippen LogP contribution is 2.23. The van der Waals surface area contributed by atoms with Crippen LogP contribution < -0.4 is 11.3 Å². The number of ether oxygens (including phenoxy) is 2. The number of amides is 1. The van der Waals surface area contributed by atoms with E-state index in [0.29, 0.717) is 0 Å². The highest BCUT2D eigenvalue weighted by Gasteiger charge is 2.26. The maximum atomic E-state index is 11.1. The Morgan fingerprint density at radius 1 is 1.69 bits per heavy atom. The van der Waals surface area contributed by atoms with E-state index in [1.807, 2.05) is 0 Å². The average molecular weight is 188 g/mol. The molecule has 0 aromatic heterocycles. The van der Waals surface area contributed by atoms with Crippen LogP contribution >= 0.6 is 0 Å². The Labute approximate surface area is 77.5 Å². The van der Waals surface area contributed by atoms with E-state index in [1.165, 1.54) is 13.5 Å². The van der Waals surface area contributed by atoms with Gasteiger partial charge in [0.1, 0.15) is 0 Å². The Kier molecular flexibility index (Phi) is 4.14. The predicted octanol–water partition coefficient (Wildman–Crippen LogP) is -0.440. The zero-order valence-electron chi connectivity index (χ0n) is 7.79. The van der Waals surface area contributed by atoms with Crippen molar-refractivity contribution in [2.24, 2.45) is 5.84 Å². The molecular formula is C8H16N2O3. The number of nitrogens with two attached hydrogens (primary N) is 1. The van der Waals surface area contributed by atoms with Crippen LogP contribution in [0.15, 0.2) is 0 Å². The molecule has 5 nitrogen and oxygen atoms in total. The van der Waals surface area contributed by atoms with E-state index in [-0.39, 0.29) is 18.6 Å². The van der Waals surface area contributed by atoms with Crippen LogP contribution in [-0.2, 0) is 14.3 Å². The highest BCUT2D eigenvalue weighted by molar-refractivity contribution is 5.80. The minimum Gasteiger partial charge on any atom is -0.381 e. The molecule has 0 aromatic carbocycles. The first kappa shape index (κ1) is 10.4. The van der Waals surface area contributed by atoms with Crippen LogP contribution in [0.4, 0.5) is 0 Å². The fourth-order valence-electron chi connectivity index (χ4n) is 1.16. The fraction of sp³-hybridized carbons (Fsp3) is 0.875. The Hall–Kier alpha value is -0.650. The molecule has 1 amide bonds. The molecule has 0 saturated heterocycles. The summed E-state index contributed by atoms with van der Waals surface area (Å²) in [6.07, 6.45) is 2.86. The van der Waals surface area contributed by atoms with Crippen molar-refractivity contribution < 1.29 is 14.3 Å². The minimum absolute atomic E-state index is 0.206. The molecule has 1 aliphatic carbocycles. The first-order chi connectivity index (χ1) is 6.27. The van der Waals surface area contributed by atoms with Crippen molar-refractivity contribution in [3.05, 3.63) is 0 Å². The quantitative estimate of drug-likeness (QED) is 0.348. The third-order valence-corrected chi connectivity index (χ3v) is 2.16. The Balaban J connectivity index is 2.31. The zero-order valence-corrected chi connectivity index (χ0v) is 7.79. The van der Waals surface area contributed by atoms with Crippen LogP contribution in [0.1, 0.15) is 19.3 Å². The maximum absolute atomic E-state index is 11.1. The lowest BCUT2D eigenvalue weighted by molar-refractivity contribution is -0.145. The molecule has 5 heteroatoms. The van der Waals surface area contributed by atoms with Crippen molar-refractivity contribution in [2.45, 2.75) is 31.5 Å². The summed E-state index contributed by atoms with van der Waals surface area (Å²) in [6.45, 7) is 0.250. The predicted molar refractivity (Wildman–Crippen MR) is 46.7 cm³/mol. The standard InChI is InChI=1S/C8H16N2O3/c1-12-5-7(8(11)10-9)13-6-3-2-4-6/h6-7H,2-5,9H2,1H3,(H,10,11). The second-order valence-corrected chi connectivity index (χ2v) is 3.14. The first-order valence-corrected chi connectivity index (χ1v) is 4.42. The van der Waals surface area contributed by atoms with Crippen LogP contribution in [0.5, 0.6) is 0 Å². The molecule has 0 heterocycles. The van der Waals surface area contributed by atoms with Crippen molar-refractivity contribution in [3.8, 4) is 0 Å². The molecule has 3 N–H and O–H groups in total. The third kappa shape index (κ3) is 2.95. The summed E-state index contributed by atoms with van der Waals surface area (Å²) in [5, 5.41) is 0. The molecule has 1 atom stereocenters. The molecule has 76 valence electrons. The number of hydrazine groups is 1. The smallest absolute Gasteiger partial charge is 0.265 e. The SMILES string of the molecule is COCC(OC1CCC1)C(=O)NN. The van der Waals surface area contributed by atoms with Gasteiger partial charge in [0.15, 0.2) is 6.10 Å². The van der Waals surface area contributed by atoms with Crippen molar-refractivity contribution in [3.63, 3.8) is 0 Å². The van der Waals surface area contributed by atoms with E-state index < -0.39 is 6.10 Å². The van der Waals surface area contributed by atoms with Gasteiger partial charge in [0.25, 0.3) is 5.91 Å². The summed E-state index contributed by atoms with van der Waals surface area (Å²) in [7, 11) is 1.53. The zero-order chi connectivity index (χ0) is 9.68. The topological polar surface area (TPSA) is 73.6 Å². The summed E-state index contributed by atoms with van der Waals surface area (Å²) in [6, 6.07) is 0. The molecule has 1 aliphatic rings. The van der Waals surface area contributed by atoms with Gasteiger partial charge in [-0.2, -0.15) is 0 Å². The molecular weight excluding hydrogens is 172 g/mol. The lowest BCUT2D eigenvalue weighted by Gasteiger charge is -2.29. The van der Waals surface area contributed by atoms with E-state index in [0.717, 1.165) is 12.8 Å². The highest BCUT2D eigenvalue weighted by atomic mass is 16.5. The Morgan fingerprint density at radius 3 is 2.77 bits per heavy atom. The number of carbonyl (C=O) groups excluding carboxylic acids is 1. The molecule has 0 radical (unpaired) electrons. The summed E-state index contributed by atoms with van der Waals surface area (Å²) in [4.78, 5) is 11.1. The van der Waals surface area contributed by atoms with Gasteiger partial charge in [-0.25, -0.2) is 5.84 Å². The molecule has 13 heavy (non-hydrogen) atoms. The first-order valence-electron chi connectivity index (χ1n) is 4.42. The number of carbonyl (C=O) groups is 1. The van der Waals surface area contributed by atoms with Crippen LogP contribution in [-0.4, -0.2) is 31.8 Å². The monoisotopic (exact) mass is 188 g/mol. The largest absolute Gasteiger partial charge is 0.381 e. The number of hydrogen-bond donors (Lipinski definition) is 2. The third-order valence-electron chi connectivity index (χ3n) is 2.16. The number of rotatable bonds is 5. The van der Waals surface area contributed by atoms with E-state index in [9.17, 15) is 4.79 Å². The normalized spacial score (nSPS) is 19.2. The minimum atomic E-state index is -0.569. The number of nitrogens with one attached hydrogen (secondary N) is 1. The second-order valence-electron chi connectivity index (χ2n) is 3.14. The molecule has 1 unspecified atom stereocenters. The number of methoxy groups -OCH3 is 1. The molecule has 0 bridgehead atoms. The van der Waals surface area contributed by atoms with Crippen LogP contribution in [0, 0.1) is 0 Å². The Morgan fingerprint density at radius 2 is 2.38 bits per heavy atom. The van der Waals surface area contributed by atoms with Crippen LogP contribution in [0.3, 0.4) is 0 Å². The Bertz CT molecular complexity index is 171. The molecule has 0 aromatic rings. The van der Waals surface area contributed by atoms with Gasteiger partial charge in [0.05, 0.1) is 12.7 Å². The second kappa shape index (κ2) is 5.16. The molecule has 1 fully saturated rings. The molecule has 1 rings (SSSR count). The van der Waals surface area contributed by atoms with Gasteiger partial charge in [-0.1, -0.05) is 0 Å². The summed E-state index contributed by atoms with van der Waals surface area (Å²) in [5.74, 6) is 4.68. The van der Waals surface area contributed by atoms with Gasteiger partial charge in [0.2, 0.25) is 0 Å². The van der Waals surface area contributed by atoms with Gasteiger partial charge in [-0.3, -0.25) is 10.2 Å². The lowest BCUT2D eigenvalue weighted by atomic mass is 9.96. The van der Waals surface area contributed by atoms with Crippen molar-refractivity contribution in [1.29, 1.82) is 0 Å². The summed E-state index contributed by atoms with van der Waals surface area (Å²) in [5.41, 5.74) is 2.06. The van der Waals surface area contributed by atoms with Gasteiger partial charge in [0, 0.05) is 7.11 Å². The van der Waals surface area contributed by atoms with Gasteiger partial charge < -0.3 is 9.47 Å². The maximum Gasteiger partial charge on any atom is 0.265 e.